The third-order valence-electron chi connectivity index (χ3n) is 2.92. The van der Waals surface area contributed by atoms with Crippen molar-refractivity contribution in [1.82, 2.24) is 30.0 Å². The summed E-state index contributed by atoms with van der Waals surface area (Å²) in [7, 11) is 1.81. The molecule has 11 nitrogen and oxygen atoms in total. The van der Waals surface area contributed by atoms with E-state index in [4.69, 9.17) is 0 Å². The van der Waals surface area contributed by atoms with Gasteiger partial charge in [0.15, 0.2) is 0 Å². The lowest BCUT2D eigenvalue weighted by atomic mass is 10.3. The van der Waals surface area contributed by atoms with Crippen molar-refractivity contribution in [2.45, 2.75) is 19.9 Å². The minimum absolute atomic E-state index is 0.0733. The Morgan fingerprint density at radius 3 is 2.95 bits per heavy atom. The monoisotopic (exact) mass is 306 g/mol. The molecule has 0 saturated heterocycles. The second-order valence-corrected chi connectivity index (χ2v) is 4.42. The van der Waals surface area contributed by atoms with Crippen LogP contribution >= 0.6 is 0 Å². The normalized spacial score (nSPS) is 11.0. The zero-order chi connectivity index (χ0) is 16.1. The van der Waals surface area contributed by atoms with Crippen LogP contribution in [0.3, 0.4) is 0 Å². The van der Waals surface area contributed by atoms with Crippen molar-refractivity contribution in [1.29, 1.82) is 0 Å². The van der Waals surface area contributed by atoms with Crippen LogP contribution < -0.4 is 5.43 Å². The SMILES string of the molecule is Cc1c(/C=N/NC(=O)CCn2cnc([N+](=O)[O-])n2)cnn1C. The molecular formula is C11H14N8O3. The molecule has 0 atom stereocenters. The molecule has 1 N–H and O–H groups in total. The van der Waals surface area contributed by atoms with Crippen molar-refractivity contribution in [3.8, 4) is 0 Å². The predicted octanol–water partition coefficient (Wildman–Crippen LogP) is -0.231. The van der Waals surface area contributed by atoms with Crippen LogP contribution in [0.5, 0.6) is 0 Å². The van der Waals surface area contributed by atoms with Crippen LogP contribution in [0.25, 0.3) is 0 Å². The van der Waals surface area contributed by atoms with E-state index in [-0.39, 0.29) is 18.9 Å². The molecule has 22 heavy (non-hydrogen) atoms. The van der Waals surface area contributed by atoms with E-state index < -0.39 is 10.9 Å². The Morgan fingerprint density at radius 2 is 2.36 bits per heavy atom. The highest BCUT2D eigenvalue weighted by atomic mass is 16.6. The van der Waals surface area contributed by atoms with E-state index in [0.29, 0.717) is 0 Å². The molecule has 116 valence electrons. The number of aryl methyl sites for hydroxylation is 2. The molecule has 2 aromatic heterocycles. The highest BCUT2D eigenvalue weighted by Gasteiger charge is 2.13. The maximum absolute atomic E-state index is 11.6. The summed E-state index contributed by atoms with van der Waals surface area (Å²) < 4.78 is 2.92. The number of nitrogens with zero attached hydrogens (tertiary/aromatic N) is 7. The standard InChI is InChI=1S/C11H14N8O3/c1-8-9(6-14-17(8)2)5-13-15-10(20)3-4-18-7-12-11(16-18)19(21)22/h5-7H,3-4H2,1-2H3,(H,15,20)/b13-5+. The van der Waals surface area contributed by atoms with Crippen molar-refractivity contribution in [3.05, 3.63) is 33.9 Å². The molecule has 0 aliphatic rings. The number of amides is 1. The number of carbonyl (C=O) groups is 1. The number of rotatable bonds is 6. The molecule has 0 aliphatic carbocycles. The fourth-order valence-electron chi connectivity index (χ4n) is 1.56. The number of nitrogens with one attached hydrogen (secondary N) is 1. The van der Waals surface area contributed by atoms with Crippen LogP contribution in [0.2, 0.25) is 0 Å². The molecule has 0 saturated carbocycles. The lowest BCUT2D eigenvalue weighted by Crippen LogP contribution is -2.19. The van der Waals surface area contributed by atoms with Crippen molar-refractivity contribution in [3.63, 3.8) is 0 Å². The third-order valence-corrected chi connectivity index (χ3v) is 2.92. The lowest BCUT2D eigenvalue weighted by Gasteiger charge is -1.98. The van der Waals surface area contributed by atoms with Gasteiger partial charge in [0.25, 0.3) is 0 Å². The van der Waals surface area contributed by atoms with Gasteiger partial charge in [-0.15, -0.1) is 0 Å². The molecule has 0 aliphatic heterocycles. The molecule has 0 spiro atoms. The van der Waals surface area contributed by atoms with E-state index in [0.717, 1.165) is 11.3 Å². The minimum Gasteiger partial charge on any atom is -0.390 e. The first-order valence-corrected chi connectivity index (χ1v) is 6.31. The first-order chi connectivity index (χ1) is 10.5. The highest BCUT2D eigenvalue weighted by Crippen LogP contribution is 2.02. The molecule has 2 aromatic rings. The summed E-state index contributed by atoms with van der Waals surface area (Å²) in [5.74, 6) is -0.832. The summed E-state index contributed by atoms with van der Waals surface area (Å²) in [6.07, 6.45) is 4.41. The van der Waals surface area contributed by atoms with Gasteiger partial charge in [-0.2, -0.15) is 14.9 Å². The fourth-order valence-corrected chi connectivity index (χ4v) is 1.56. The molecule has 0 fully saturated rings. The highest BCUT2D eigenvalue weighted by molar-refractivity contribution is 5.83. The molecule has 1 amide bonds. The summed E-state index contributed by atoms with van der Waals surface area (Å²) in [4.78, 5) is 24.8. The zero-order valence-corrected chi connectivity index (χ0v) is 12.0. The van der Waals surface area contributed by atoms with Crippen LogP contribution in [0, 0.1) is 17.0 Å². The number of hydrazone groups is 1. The van der Waals surface area contributed by atoms with Crippen LogP contribution in [-0.4, -0.2) is 41.6 Å². The van der Waals surface area contributed by atoms with Crippen LogP contribution in [0.1, 0.15) is 17.7 Å². The largest absolute Gasteiger partial charge is 0.490 e. The molecular weight excluding hydrogens is 292 g/mol. The van der Waals surface area contributed by atoms with Crippen LogP contribution in [0.15, 0.2) is 17.6 Å². The Kier molecular flexibility index (Phi) is 4.56. The summed E-state index contributed by atoms with van der Waals surface area (Å²) >= 11 is 0. The van der Waals surface area contributed by atoms with Gasteiger partial charge in [-0.05, 0) is 11.8 Å². The lowest BCUT2D eigenvalue weighted by molar-refractivity contribution is -0.394. The maximum Gasteiger partial charge on any atom is 0.490 e. The van der Waals surface area contributed by atoms with Crippen molar-refractivity contribution in [2.24, 2.45) is 12.1 Å². The Labute approximate surface area is 124 Å². The molecule has 0 unspecified atom stereocenters. The molecule has 2 rings (SSSR count). The fraction of sp³-hybridized carbons (Fsp3) is 0.364. The van der Waals surface area contributed by atoms with Gasteiger partial charge in [0.05, 0.1) is 19.0 Å². The molecule has 11 heteroatoms. The van der Waals surface area contributed by atoms with Crippen molar-refractivity contribution >= 4 is 18.1 Å². The number of carbonyl (C=O) groups excluding carboxylic acids is 1. The zero-order valence-electron chi connectivity index (χ0n) is 12.0. The van der Waals surface area contributed by atoms with E-state index in [1.54, 1.807) is 10.9 Å². The van der Waals surface area contributed by atoms with Gasteiger partial charge >= 0.3 is 5.95 Å². The molecule has 0 radical (unpaired) electrons. The van der Waals surface area contributed by atoms with Gasteiger partial charge in [0, 0.05) is 29.8 Å². The Hall–Kier alpha value is -3.11. The molecule has 0 aromatic carbocycles. The molecule has 2 heterocycles. The van der Waals surface area contributed by atoms with Gasteiger partial charge in [0.1, 0.15) is 0 Å². The van der Waals surface area contributed by atoms with Gasteiger partial charge in [-0.25, -0.2) is 5.43 Å². The van der Waals surface area contributed by atoms with E-state index in [2.05, 4.69) is 25.7 Å². The number of hydrogen-bond acceptors (Lipinski definition) is 7. The first-order valence-electron chi connectivity index (χ1n) is 6.31. The average Bonchev–Trinajstić information content (AvgIpc) is 3.07. The van der Waals surface area contributed by atoms with Crippen molar-refractivity contribution in [2.75, 3.05) is 0 Å². The van der Waals surface area contributed by atoms with Gasteiger partial charge in [-0.1, -0.05) is 4.98 Å². The predicted molar refractivity (Wildman–Crippen MR) is 75.0 cm³/mol. The first kappa shape index (κ1) is 15.3. The van der Waals surface area contributed by atoms with Crippen molar-refractivity contribution < 1.29 is 9.72 Å². The number of hydrogen-bond donors (Lipinski definition) is 1. The van der Waals surface area contributed by atoms with E-state index in [1.807, 2.05) is 14.0 Å². The average molecular weight is 306 g/mol. The van der Waals surface area contributed by atoms with Crippen LogP contribution in [-0.2, 0) is 18.4 Å². The maximum atomic E-state index is 11.6. The Bertz CT molecular complexity index is 717. The Morgan fingerprint density at radius 1 is 1.59 bits per heavy atom. The second kappa shape index (κ2) is 6.56. The van der Waals surface area contributed by atoms with E-state index >= 15 is 0 Å². The minimum atomic E-state index is -0.697. The molecule has 0 bridgehead atoms. The van der Waals surface area contributed by atoms with Crippen LogP contribution in [0.4, 0.5) is 5.95 Å². The van der Waals surface area contributed by atoms with E-state index in [9.17, 15) is 14.9 Å². The Balaban J connectivity index is 1.80. The van der Waals surface area contributed by atoms with E-state index in [1.165, 1.54) is 17.2 Å². The summed E-state index contributed by atoms with van der Waals surface area (Å²) in [5, 5.41) is 21.9. The van der Waals surface area contributed by atoms with Gasteiger partial charge in [0.2, 0.25) is 12.2 Å². The quantitative estimate of drug-likeness (QED) is 0.445. The number of aromatic nitrogens is 5. The van der Waals surface area contributed by atoms with Gasteiger partial charge < -0.3 is 10.1 Å². The number of nitro groups is 1. The third kappa shape index (κ3) is 3.71. The smallest absolute Gasteiger partial charge is 0.390 e. The topological polar surface area (TPSA) is 133 Å². The summed E-state index contributed by atoms with van der Waals surface area (Å²) in [6.45, 7) is 2.06. The van der Waals surface area contributed by atoms with Gasteiger partial charge in [-0.3, -0.25) is 9.48 Å². The summed E-state index contributed by atoms with van der Waals surface area (Å²) in [6, 6.07) is 0. The summed E-state index contributed by atoms with van der Waals surface area (Å²) in [5.41, 5.74) is 4.09. The second-order valence-electron chi connectivity index (χ2n) is 4.42.